The molecule has 8 heteroatoms. The molecule has 0 bridgehead atoms. The van der Waals surface area contributed by atoms with Gasteiger partial charge in [-0.1, -0.05) is 18.2 Å². The number of hydrogen-bond donors (Lipinski definition) is 3. The third-order valence-electron chi connectivity index (χ3n) is 4.17. The molecule has 1 amide bonds. The monoisotopic (exact) mass is 402 g/mol. The summed E-state index contributed by atoms with van der Waals surface area (Å²) in [7, 11) is 6.18. The normalized spacial score (nSPS) is 11.8. The van der Waals surface area contributed by atoms with Crippen LogP contribution in [0.3, 0.4) is 0 Å². The van der Waals surface area contributed by atoms with Crippen molar-refractivity contribution in [3.05, 3.63) is 41.5 Å². The van der Waals surface area contributed by atoms with E-state index in [-0.39, 0.29) is 0 Å². The zero-order valence-electron chi connectivity index (χ0n) is 16.9. The zero-order valence-corrected chi connectivity index (χ0v) is 16.9. The molecular weight excluding hydrogens is 376 g/mol. The van der Waals surface area contributed by atoms with Crippen LogP contribution in [-0.4, -0.2) is 52.1 Å². The number of aliphatic hydroxyl groups is 1. The molecule has 156 valence electrons. The van der Waals surface area contributed by atoms with Crippen molar-refractivity contribution >= 4 is 23.7 Å². The number of amides is 1. The molecule has 0 spiro atoms. The summed E-state index contributed by atoms with van der Waals surface area (Å²) in [6, 6.07) is 7.96. The number of rotatable bonds is 9. The van der Waals surface area contributed by atoms with E-state index in [0.29, 0.717) is 28.7 Å². The highest BCUT2D eigenvalue weighted by molar-refractivity contribution is 5.96. The summed E-state index contributed by atoms with van der Waals surface area (Å²) in [5, 5.41) is 11.6. The van der Waals surface area contributed by atoms with Crippen LogP contribution in [0.15, 0.2) is 30.3 Å². The zero-order chi connectivity index (χ0) is 21.4. The molecule has 0 radical (unpaired) electrons. The van der Waals surface area contributed by atoms with Crippen LogP contribution in [-0.2, 0) is 4.79 Å². The molecule has 2 aromatic carbocycles. The van der Waals surface area contributed by atoms with Gasteiger partial charge in [0.05, 0.1) is 40.7 Å². The van der Waals surface area contributed by atoms with Crippen molar-refractivity contribution in [1.82, 2.24) is 0 Å². The van der Waals surface area contributed by atoms with E-state index in [2.05, 4.69) is 5.32 Å². The van der Waals surface area contributed by atoms with Crippen molar-refractivity contribution in [2.24, 2.45) is 5.73 Å². The summed E-state index contributed by atoms with van der Waals surface area (Å²) < 4.78 is 21.4. The van der Waals surface area contributed by atoms with E-state index >= 15 is 0 Å². The van der Waals surface area contributed by atoms with Crippen molar-refractivity contribution in [1.29, 1.82) is 0 Å². The van der Waals surface area contributed by atoms with Crippen LogP contribution in [0, 0.1) is 0 Å². The standard InChI is InChI=1S/C21H26N2O6/c1-26-17-9-13(7-8-16(17)23-21(25)15(22)12-24)5-6-14-10-18(27-2)20(29-4)19(11-14)28-3/h5-11,15,24H,12,22H2,1-4H3,(H,23,25)/b6-5+. The molecule has 0 aliphatic heterocycles. The largest absolute Gasteiger partial charge is 0.495 e. The SMILES string of the molecule is COc1cc(/C=C/c2cc(OC)c(OC)c(OC)c2)ccc1NC(=O)C(N)CO. The maximum atomic E-state index is 11.9. The smallest absolute Gasteiger partial charge is 0.243 e. The first-order valence-electron chi connectivity index (χ1n) is 8.80. The molecule has 29 heavy (non-hydrogen) atoms. The Morgan fingerprint density at radius 2 is 1.52 bits per heavy atom. The Labute approximate surface area is 169 Å². The molecule has 0 saturated carbocycles. The van der Waals surface area contributed by atoms with Crippen molar-refractivity contribution in [3.8, 4) is 23.0 Å². The minimum absolute atomic E-state index is 0.441. The Morgan fingerprint density at radius 3 is 2.03 bits per heavy atom. The predicted octanol–water partition coefficient (Wildman–Crippen LogP) is 2.15. The van der Waals surface area contributed by atoms with Gasteiger partial charge in [-0.2, -0.15) is 0 Å². The third-order valence-corrected chi connectivity index (χ3v) is 4.17. The molecule has 2 aromatic rings. The second-order valence-corrected chi connectivity index (χ2v) is 6.03. The van der Waals surface area contributed by atoms with Crippen molar-refractivity contribution in [2.45, 2.75) is 6.04 Å². The first kappa shape index (κ1) is 22.1. The fourth-order valence-corrected chi connectivity index (χ4v) is 2.61. The molecule has 0 aliphatic rings. The van der Waals surface area contributed by atoms with E-state index in [1.54, 1.807) is 33.5 Å². The van der Waals surface area contributed by atoms with Crippen LogP contribution in [0.5, 0.6) is 23.0 Å². The predicted molar refractivity (Wildman–Crippen MR) is 112 cm³/mol. The van der Waals surface area contributed by atoms with Crippen LogP contribution in [0.25, 0.3) is 12.2 Å². The van der Waals surface area contributed by atoms with E-state index in [4.69, 9.17) is 29.8 Å². The van der Waals surface area contributed by atoms with Gasteiger partial charge in [0.15, 0.2) is 11.5 Å². The van der Waals surface area contributed by atoms with Crippen LogP contribution < -0.4 is 30.0 Å². The summed E-state index contributed by atoms with van der Waals surface area (Å²) in [4.78, 5) is 11.9. The van der Waals surface area contributed by atoms with E-state index in [0.717, 1.165) is 11.1 Å². The van der Waals surface area contributed by atoms with Gasteiger partial charge >= 0.3 is 0 Å². The Balaban J connectivity index is 2.28. The lowest BCUT2D eigenvalue weighted by Gasteiger charge is -2.14. The average molecular weight is 402 g/mol. The number of hydrogen-bond acceptors (Lipinski definition) is 7. The van der Waals surface area contributed by atoms with E-state index in [1.165, 1.54) is 7.11 Å². The Hall–Kier alpha value is -3.23. The second kappa shape index (κ2) is 10.4. The highest BCUT2D eigenvalue weighted by atomic mass is 16.5. The Kier molecular flexibility index (Phi) is 7.88. The minimum Gasteiger partial charge on any atom is -0.495 e. The molecule has 1 atom stereocenters. The highest BCUT2D eigenvalue weighted by Crippen LogP contribution is 2.38. The van der Waals surface area contributed by atoms with Gasteiger partial charge in [-0.05, 0) is 35.4 Å². The van der Waals surface area contributed by atoms with Crippen LogP contribution in [0.4, 0.5) is 5.69 Å². The molecule has 1 unspecified atom stereocenters. The molecular formula is C21H26N2O6. The number of carbonyl (C=O) groups excluding carboxylic acids is 1. The molecule has 0 fully saturated rings. The number of ether oxygens (including phenoxy) is 4. The fourth-order valence-electron chi connectivity index (χ4n) is 2.61. The Bertz CT molecular complexity index is 856. The van der Waals surface area contributed by atoms with Crippen LogP contribution in [0.1, 0.15) is 11.1 Å². The lowest BCUT2D eigenvalue weighted by molar-refractivity contribution is -0.118. The molecule has 8 nitrogen and oxygen atoms in total. The summed E-state index contributed by atoms with van der Waals surface area (Å²) in [5.74, 6) is 1.61. The van der Waals surface area contributed by atoms with Crippen molar-refractivity contribution in [2.75, 3.05) is 40.4 Å². The molecule has 0 aliphatic carbocycles. The summed E-state index contributed by atoms with van der Waals surface area (Å²) in [6.07, 6.45) is 3.77. The van der Waals surface area contributed by atoms with E-state index < -0.39 is 18.6 Å². The first-order chi connectivity index (χ1) is 14.0. The number of carbonyl (C=O) groups is 1. The molecule has 0 saturated heterocycles. The fraction of sp³-hybridized carbons (Fsp3) is 0.286. The molecule has 0 aromatic heterocycles. The van der Waals surface area contributed by atoms with Gasteiger partial charge < -0.3 is 35.1 Å². The van der Waals surface area contributed by atoms with Gasteiger partial charge in [0.1, 0.15) is 11.8 Å². The Morgan fingerprint density at radius 1 is 0.966 bits per heavy atom. The van der Waals surface area contributed by atoms with Gasteiger partial charge in [0.2, 0.25) is 11.7 Å². The second-order valence-electron chi connectivity index (χ2n) is 6.03. The number of nitrogens with two attached hydrogens (primary N) is 1. The third kappa shape index (κ3) is 5.40. The van der Waals surface area contributed by atoms with Gasteiger partial charge in [-0.15, -0.1) is 0 Å². The number of benzene rings is 2. The maximum Gasteiger partial charge on any atom is 0.243 e. The number of anilines is 1. The van der Waals surface area contributed by atoms with Crippen molar-refractivity contribution < 1.29 is 28.8 Å². The van der Waals surface area contributed by atoms with Crippen molar-refractivity contribution in [3.63, 3.8) is 0 Å². The molecule has 2 rings (SSSR count). The van der Waals surface area contributed by atoms with Gasteiger partial charge in [0.25, 0.3) is 0 Å². The summed E-state index contributed by atoms with van der Waals surface area (Å²) in [6.45, 7) is -0.441. The number of methoxy groups -OCH3 is 4. The van der Waals surface area contributed by atoms with Crippen LogP contribution in [0.2, 0.25) is 0 Å². The first-order valence-corrected chi connectivity index (χ1v) is 8.80. The number of nitrogens with one attached hydrogen (secondary N) is 1. The topological polar surface area (TPSA) is 112 Å². The highest BCUT2D eigenvalue weighted by Gasteiger charge is 2.15. The maximum absolute atomic E-state index is 11.9. The number of aliphatic hydroxyl groups excluding tert-OH is 1. The lowest BCUT2D eigenvalue weighted by Crippen LogP contribution is -2.38. The van der Waals surface area contributed by atoms with E-state index in [9.17, 15) is 4.79 Å². The van der Waals surface area contributed by atoms with Crippen LogP contribution >= 0.6 is 0 Å². The average Bonchev–Trinajstić information content (AvgIpc) is 2.76. The molecule has 0 heterocycles. The van der Waals surface area contributed by atoms with Gasteiger partial charge in [-0.3, -0.25) is 4.79 Å². The minimum atomic E-state index is -1.00. The van der Waals surface area contributed by atoms with E-state index in [1.807, 2.05) is 30.4 Å². The molecule has 4 N–H and O–H groups in total. The summed E-state index contributed by atoms with van der Waals surface area (Å²) in [5.41, 5.74) is 7.69. The summed E-state index contributed by atoms with van der Waals surface area (Å²) >= 11 is 0. The van der Waals surface area contributed by atoms with Gasteiger partial charge in [0, 0.05) is 0 Å². The van der Waals surface area contributed by atoms with Gasteiger partial charge in [-0.25, -0.2) is 0 Å². The lowest BCUT2D eigenvalue weighted by atomic mass is 10.1. The quantitative estimate of drug-likeness (QED) is 0.551.